The molecular formula is C25H34N2O4S. The largest absolute Gasteiger partial charge is 0.444 e. The highest BCUT2D eigenvalue weighted by Crippen LogP contribution is 2.28. The average molecular weight is 459 g/mol. The van der Waals surface area contributed by atoms with Crippen molar-refractivity contribution in [2.75, 3.05) is 13.1 Å². The summed E-state index contributed by atoms with van der Waals surface area (Å²) in [6.45, 7) is 6.57. The Labute approximate surface area is 191 Å². The molecule has 0 aromatic heterocycles. The Hall–Kier alpha value is -2.38. The lowest BCUT2D eigenvalue weighted by Gasteiger charge is -2.29. The van der Waals surface area contributed by atoms with Gasteiger partial charge < -0.3 is 10.1 Å². The van der Waals surface area contributed by atoms with Crippen molar-refractivity contribution in [3.63, 3.8) is 0 Å². The number of hydrogen-bond acceptors (Lipinski definition) is 4. The molecule has 7 heteroatoms. The Morgan fingerprint density at radius 1 is 0.875 bits per heavy atom. The van der Waals surface area contributed by atoms with Crippen molar-refractivity contribution in [3.05, 3.63) is 54.6 Å². The maximum Gasteiger partial charge on any atom is 0.407 e. The minimum Gasteiger partial charge on any atom is -0.444 e. The fourth-order valence-electron chi connectivity index (χ4n) is 3.95. The second-order valence-corrected chi connectivity index (χ2v) is 11.3. The van der Waals surface area contributed by atoms with E-state index >= 15 is 0 Å². The number of nitrogens with one attached hydrogen (secondary N) is 2. The van der Waals surface area contributed by atoms with E-state index in [9.17, 15) is 13.2 Å². The van der Waals surface area contributed by atoms with E-state index in [4.69, 9.17) is 4.74 Å². The molecule has 1 aliphatic carbocycles. The van der Waals surface area contributed by atoms with Crippen molar-refractivity contribution < 1.29 is 17.9 Å². The van der Waals surface area contributed by atoms with Crippen LogP contribution in [0.5, 0.6) is 0 Å². The number of ether oxygens (including phenoxy) is 1. The summed E-state index contributed by atoms with van der Waals surface area (Å²) in [5.74, 6) is 0.715. The first-order valence-electron chi connectivity index (χ1n) is 11.2. The lowest BCUT2D eigenvalue weighted by Crippen LogP contribution is -2.37. The molecule has 0 heterocycles. The third-order valence-corrected chi connectivity index (χ3v) is 7.17. The van der Waals surface area contributed by atoms with Crippen LogP contribution in [-0.4, -0.2) is 33.2 Å². The quantitative estimate of drug-likeness (QED) is 0.614. The first-order valence-corrected chi connectivity index (χ1v) is 12.7. The van der Waals surface area contributed by atoms with Gasteiger partial charge in [0.05, 0.1) is 4.90 Å². The standard InChI is InChI=1S/C25H34N2O4S/c1-25(2,3)31-24(28)26-17-19-9-11-20(12-10-19)18-27-32(29,30)23-15-13-22(14-16-23)21-7-5-4-6-8-21/h4-8,13-16,19-20,27H,9-12,17-18H2,1-3H3,(H,26,28). The number of rotatable bonds is 7. The van der Waals surface area contributed by atoms with E-state index in [-0.39, 0.29) is 11.0 Å². The van der Waals surface area contributed by atoms with E-state index < -0.39 is 15.6 Å². The highest BCUT2D eigenvalue weighted by molar-refractivity contribution is 7.89. The normalized spacial score (nSPS) is 19.3. The van der Waals surface area contributed by atoms with Crippen LogP contribution < -0.4 is 10.0 Å². The van der Waals surface area contributed by atoms with Crippen LogP contribution in [-0.2, 0) is 14.8 Å². The number of hydrogen-bond donors (Lipinski definition) is 2. The van der Waals surface area contributed by atoms with Gasteiger partial charge in [-0.1, -0.05) is 42.5 Å². The van der Waals surface area contributed by atoms with Gasteiger partial charge in [-0.15, -0.1) is 0 Å². The summed E-state index contributed by atoms with van der Waals surface area (Å²) in [7, 11) is -3.53. The molecule has 2 N–H and O–H groups in total. The van der Waals surface area contributed by atoms with Crippen molar-refractivity contribution in [1.29, 1.82) is 0 Å². The van der Waals surface area contributed by atoms with Crippen LogP contribution in [0.4, 0.5) is 4.79 Å². The zero-order chi connectivity index (χ0) is 23.2. The van der Waals surface area contributed by atoms with Gasteiger partial charge in [-0.25, -0.2) is 17.9 Å². The van der Waals surface area contributed by atoms with Crippen LogP contribution in [0.1, 0.15) is 46.5 Å². The number of benzene rings is 2. The minimum absolute atomic E-state index is 0.285. The van der Waals surface area contributed by atoms with Gasteiger partial charge in [-0.05, 0) is 81.5 Å². The molecule has 0 spiro atoms. The molecule has 0 saturated heterocycles. The molecule has 3 rings (SSSR count). The van der Waals surface area contributed by atoms with Gasteiger partial charge in [0.15, 0.2) is 0 Å². The van der Waals surface area contributed by atoms with Crippen molar-refractivity contribution in [3.8, 4) is 11.1 Å². The first-order chi connectivity index (χ1) is 15.1. The summed E-state index contributed by atoms with van der Waals surface area (Å²) in [5, 5.41) is 2.85. The first kappa shape index (κ1) is 24.3. The molecule has 0 unspecified atom stereocenters. The zero-order valence-corrected chi connectivity index (χ0v) is 20.0. The second kappa shape index (κ2) is 10.5. The maximum absolute atomic E-state index is 12.7. The fraction of sp³-hybridized carbons (Fsp3) is 0.480. The average Bonchev–Trinajstić information content (AvgIpc) is 2.77. The summed E-state index contributed by atoms with van der Waals surface area (Å²) in [5.41, 5.74) is 1.55. The van der Waals surface area contributed by atoms with E-state index in [1.54, 1.807) is 12.1 Å². The molecule has 0 radical (unpaired) electrons. The number of alkyl carbamates (subject to hydrolysis) is 1. The van der Waals surface area contributed by atoms with E-state index in [1.807, 2.05) is 63.2 Å². The number of amides is 1. The van der Waals surface area contributed by atoms with Gasteiger partial charge in [0.25, 0.3) is 0 Å². The summed E-state index contributed by atoms with van der Waals surface area (Å²) in [4.78, 5) is 12.1. The predicted molar refractivity (Wildman–Crippen MR) is 127 cm³/mol. The molecule has 2 aromatic rings. The van der Waals surface area contributed by atoms with E-state index in [0.29, 0.717) is 24.9 Å². The monoisotopic (exact) mass is 458 g/mol. The van der Waals surface area contributed by atoms with Gasteiger partial charge in [0.2, 0.25) is 10.0 Å². The van der Waals surface area contributed by atoms with Gasteiger partial charge in [0, 0.05) is 13.1 Å². The molecule has 1 fully saturated rings. The summed E-state index contributed by atoms with van der Waals surface area (Å²) < 4.78 is 33.5. The van der Waals surface area contributed by atoms with Gasteiger partial charge >= 0.3 is 6.09 Å². The molecular weight excluding hydrogens is 424 g/mol. The van der Waals surface area contributed by atoms with Gasteiger partial charge in [-0.3, -0.25) is 0 Å². The molecule has 2 aromatic carbocycles. The minimum atomic E-state index is -3.53. The fourth-order valence-corrected chi connectivity index (χ4v) is 5.07. The van der Waals surface area contributed by atoms with Crippen molar-refractivity contribution in [2.45, 2.75) is 57.0 Å². The maximum atomic E-state index is 12.7. The molecule has 1 aliphatic rings. The van der Waals surface area contributed by atoms with Crippen LogP contribution in [0, 0.1) is 11.8 Å². The summed E-state index contributed by atoms with van der Waals surface area (Å²) in [6, 6.07) is 16.9. The smallest absolute Gasteiger partial charge is 0.407 e. The number of sulfonamides is 1. The molecule has 0 aliphatic heterocycles. The Morgan fingerprint density at radius 3 is 1.97 bits per heavy atom. The summed E-state index contributed by atoms with van der Waals surface area (Å²) in [6.07, 6.45) is 3.43. The lowest BCUT2D eigenvalue weighted by atomic mass is 9.82. The molecule has 6 nitrogen and oxygen atoms in total. The van der Waals surface area contributed by atoms with Crippen LogP contribution in [0.2, 0.25) is 0 Å². The highest BCUT2D eigenvalue weighted by Gasteiger charge is 2.24. The van der Waals surface area contributed by atoms with Crippen molar-refractivity contribution in [2.24, 2.45) is 11.8 Å². The van der Waals surface area contributed by atoms with Crippen LogP contribution in [0.25, 0.3) is 11.1 Å². The summed E-state index contributed by atoms with van der Waals surface area (Å²) >= 11 is 0. The number of carbonyl (C=O) groups excluding carboxylic acids is 1. The zero-order valence-electron chi connectivity index (χ0n) is 19.1. The lowest BCUT2D eigenvalue weighted by molar-refractivity contribution is 0.0513. The van der Waals surface area contributed by atoms with E-state index in [2.05, 4.69) is 10.0 Å². The topological polar surface area (TPSA) is 84.5 Å². The third kappa shape index (κ3) is 7.35. The van der Waals surface area contributed by atoms with Crippen molar-refractivity contribution in [1.82, 2.24) is 10.0 Å². The highest BCUT2D eigenvalue weighted by atomic mass is 32.2. The van der Waals surface area contributed by atoms with Crippen LogP contribution >= 0.6 is 0 Å². The molecule has 0 atom stereocenters. The van der Waals surface area contributed by atoms with E-state index in [0.717, 1.165) is 36.8 Å². The number of carbonyl (C=O) groups is 1. The Bertz CT molecular complexity index is 975. The Morgan fingerprint density at radius 2 is 1.41 bits per heavy atom. The van der Waals surface area contributed by atoms with Gasteiger partial charge in [0.1, 0.15) is 5.60 Å². The van der Waals surface area contributed by atoms with Gasteiger partial charge in [-0.2, -0.15) is 0 Å². The molecule has 1 saturated carbocycles. The van der Waals surface area contributed by atoms with Crippen molar-refractivity contribution >= 4 is 16.1 Å². The molecule has 1 amide bonds. The van der Waals surface area contributed by atoms with Crippen LogP contribution in [0.15, 0.2) is 59.5 Å². The predicted octanol–water partition coefficient (Wildman–Crippen LogP) is 4.96. The molecule has 174 valence electrons. The Balaban J connectivity index is 1.43. The second-order valence-electron chi connectivity index (χ2n) is 9.51. The molecule has 0 bridgehead atoms. The third-order valence-electron chi connectivity index (χ3n) is 5.73. The van der Waals surface area contributed by atoms with Crippen LogP contribution in [0.3, 0.4) is 0 Å². The Kier molecular flexibility index (Phi) is 7.96. The SMILES string of the molecule is CC(C)(C)OC(=O)NCC1CCC(CNS(=O)(=O)c2ccc(-c3ccccc3)cc2)CC1. The van der Waals surface area contributed by atoms with E-state index in [1.165, 1.54) is 0 Å². The molecule has 32 heavy (non-hydrogen) atoms.